The van der Waals surface area contributed by atoms with Gasteiger partial charge >= 0.3 is 12.0 Å². The zero-order valence-corrected chi connectivity index (χ0v) is 18.1. The first-order valence-corrected chi connectivity index (χ1v) is 10.2. The van der Waals surface area contributed by atoms with E-state index >= 15 is 0 Å². The molecule has 0 spiro atoms. The number of hydrogen-bond acceptors (Lipinski definition) is 7. The van der Waals surface area contributed by atoms with Gasteiger partial charge in [0.25, 0.3) is 0 Å². The molecule has 0 aliphatic heterocycles. The summed E-state index contributed by atoms with van der Waals surface area (Å²) in [6.07, 6.45) is 6.13. The zero-order chi connectivity index (χ0) is 23.2. The van der Waals surface area contributed by atoms with E-state index in [9.17, 15) is 9.59 Å². The molecule has 168 valence electrons. The molecule has 0 fully saturated rings. The second-order valence-corrected chi connectivity index (χ2v) is 7.00. The minimum absolute atomic E-state index is 0.292. The number of nitrogens with zero attached hydrogens (tertiary/aromatic N) is 6. The van der Waals surface area contributed by atoms with E-state index in [1.807, 2.05) is 12.1 Å². The summed E-state index contributed by atoms with van der Waals surface area (Å²) in [5.41, 5.74) is 3.17. The Balaban J connectivity index is 1.37. The largest absolute Gasteiger partial charge is 0.462 e. The molecule has 11 heteroatoms. The Bertz CT molecular complexity index is 1250. The van der Waals surface area contributed by atoms with Crippen molar-refractivity contribution in [2.24, 2.45) is 0 Å². The van der Waals surface area contributed by atoms with Crippen LogP contribution in [-0.2, 0) is 11.3 Å². The standard InChI is InChI=1S/C22H22N8O3/c1-3-33-21(31)19-12-26-30(15(19)2)18-6-4-5-17(9-18)28-22(32)25-11-16-7-8-20(24-10-16)29-14-23-13-27-29/h4-10,12-14H,3,11H2,1-2H3,(H2,25,28,32). The molecular formula is C22H22N8O3. The number of urea groups is 1. The second kappa shape index (κ2) is 9.73. The number of pyridine rings is 1. The maximum Gasteiger partial charge on any atom is 0.341 e. The first kappa shape index (κ1) is 21.7. The van der Waals surface area contributed by atoms with Crippen molar-refractivity contribution in [2.45, 2.75) is 20.4 Å². The predicted octanol–water partition coefficient (Wildman–Crippen LogP) is 2.65. The normalized spacial score (nSPS) is 10.6. The van der Waals surface area contributed by atoms with Crippen LogP contribution in [0.2, 0.25) is 0 Å². The van der Waals surface area contributed by atoms with Crippen molar-refractivity contribution in [1.29, 1.82) is 0 Å². The second-order valence-electron chi connectivity index (χ2n) is 7.00. The number of ether oxygens (including phenoxy) is 1. The number of hydrogen-bond donors (Lipinski definition) is 2. The average molecular weight is 446 g/mol. The molecule has 3 heterocycles. The first-order valence-electron chi connectivity index (χ1n) is 10.2. The van der Waals surface area contributed by atoms with Gasteiger partial charge in [0, 0.05) is 18.4 Å². The van der Waals surface area contributed by atoms with Crippen molar-refractivity contribution in [3.05, 3.63) is 78.3 Å². The summed E-state index contributed by atoms with van der Waals surface area (Å²) < 4.78 is 8.23. The number of carbonyl (C=O) groups is 2. The van der Waals surface area contributed by atoms with Crippen LogP contribution in [0.25, 0.3) is 11.5 Å². The molecule has 0 saturated heterocycles. The number of carbonyl (C=O) groups excluding carboxylic acids is 2. The highest BCUT2D eigenvalue weighted by molar-refractivity contribution is 5.91. The quantitative estimate of drug-likeness (QED) is 0.418. The van der Waals surface area contributed by atoms with Crippen LogP contribution in [0.5, 0.6) is 0 Å². The van der Waals surface area contributed by atoms with Crippen LogP contribution in [0.4, 0.5) is 10.5 Å². The van der Waals surface area contributed by atoms with E-state index in [1.165, 1.54) is 12.5 Å². The highest BCUT2D eigenvalue weighted by Crippen LogP contribution is 2.18. The van der Waals surface area contributed by atoms with Crippen LogP contribution in [0, 0.1) is 6.92 Å². The molecule has 2 amide bonds. The molecule has 0 aliphatic carbocycles. The van der Waals surface area contributed by atoms with Gasteiger partial charge in [-0.15, -0.1) is 0 Å². The van der Waals surface area contributed by atoms with E-state index < -0.39 is 5.97 Å². The molecule has 0 bridgehead atoms. The smallest absolute Gasteiger partial charge is 0.341 e. The molecule has 4 rings (SSSR count). The van der Waals surface area contributed by atoms with Crippen molar-refractivity contribution in [2.75, 3.05) is 11.9 Å². The Morgan fingerprint density at radius 3 is 2.73 bits per heavy atom. The van der Waals surface area contributed by atoms with Gasteiger partial charge in [-0.1, -0.05) is 12.1 Å². The highest BCUT2D eigenvalue weighted by Gasteiger charge is 2.16. The molecule has 11 nitrogen and oxygen atoms in total. The monoisotopic (exact) mass is 446 g/mol. The van der Waals surface area contributed by atoms with Crippen LogP contribution in [0.15, 0.2) is 61.4 Å². The maximum atomic E-state index is 12.4. The third-order valence-electron chi connectivity index (χ3n) is 4.77. The lowest BCUT2D eigenvalue weighted by Gasteiger charge is -2.10. The Morgan fingerprint density at radius 2 is 2.00 bits per heavy atom. The van der Waals surface area contributed by atoms with Gasteiger partial charge < -0.3 is 15.4 Å². The Kier molecular flexibility index (Phi) is 6.39. The number of rotatable bonds is 7. The Morgan fingerprint density at radius 1 is 1.12 bits per heavy atom. The highest BCUT2D eigenvalue weighted by atomic mass is 16.5. The van der Waals surface area contributed by atoms with Crippen molar-refractivity contribution >= 4 is 17.7 Å². The minimum atomic E-state index is -0.418. The summed E-state index contributed by atoms with van der Waals surface area (Å²) >= 11 is 0. The van der Waals surface area contributed by atoms with E-state index in [2.05, 4.69) is 30.8 Å². The topological polar surface area (TPSA) is 129 Å². The molecule has 33 heavy (non-hydrogen) atoms. The van der Waals surface area contributed by atoms with E-state index in [4.69, 9.17) is 4.74 Å². The lowest BCUT2D eigenvalue weighted by Crippen LogP contribution is -2.28. The molecule has 0 atom stereocenters. The first-order chi connectivity index (χ1) is 16.0. The number of benzene rings is 1. The van der Waals surface area contributed by atoms with Crippen LogP contribution < -0.4 is 10.6 Å². The summed E-state index contributed by atoms with van der Waals surface area (Å²) in [5, 5.41) is 13.9. The molecule has 2 N–H and O–H groups in total. The number of aromatic nitrogens is 6. The third kappa shape index (κ3) is 5.03. The molecule has 0 radical (unpaired) electrons. The molecule has 1 aromatic carbocycles. The molecular weight excluding hydrogens is 424 g/mol. The number of anilines is 1. The van der Waals surface area contributed by atoms with E-state index in [1.54, 1.807) is 60.0 Å². The lowest BCUT2D eigenvalue weighted by molar-refractivity contribution is 0.0525. The fraction of sp³-hybridized carbons (Fsp3) is 0.182. The van der Waals surface area contributed by atoms with Crippen molar-refractivity contribution in [1.82, 2.24) is 34.8 Å². The van der Waals surface area contributed by atoms with E-state index in [0.29, 0.717) is 41.6 Å². The van der Waals surface area contributed by atoms with Gasteiger partial charge in [-0.2, -0.15) is 10.2 Å². The van der Waals surface area contributed by atoms with Crippen LogP contribution in [-0.4, -0.2) is 48.1 Å². The maximum absolute atomic E-state index is 12.4. The minimum Gasteiger partial charge on any atom is -0.462 e. The summed E-state index contributed by atoms with van der Waals surface area (Å²) in [6, 6.07) is 10.4. The van der Waals surface area contributed by atoms with Gasteiger partial charge in [0.05, 0.1) is 24.2 Å². The molecule has 0 unspecified atom stereocenters. The average Bonchev–Trinajstić information content (AvgIpc) is 3.49. The number of amides is 2. The number of nitrogens with one attached hydrogen (secondary N) is 2. The SMILES string of the molecule is CCOC(=O)c1cnn(-c2cccc(NC(=O)NCc3ccc(-n4cncn4)nc3)c2)c1C. The van der Waals surface area contributed by atoms with E-state index in [-0.39, 0.29) is 6.03 Å². The summed E-state index contributed by atoms with van der Waals surface area (Å²) in [5.74, 6) is 0.219. The van der Waals surface area contributed by atoms with Crippen LogP contribution >= 0.6 is 0 Å². The molecule has 3 aromatic heterocycles. The van der Waals surface area contributed by atoms with E-state index in [0.717, 1.165) is 5.56 Å². The predicted molar refractivity (Wildman–Crippen MR) is 119 cm³/mol. The summed E-state index contributed by atoms with van der Waals surface area (Å²) in [7, 11) is 0. The fourth-order valence-corrected chi connectivity index (χ4v) is 3.14. The molecule has 4 aromatic rings. The zero-order valence-electron chi connectivity index (χ0n) is 18.1. The van der Waals surface area contributed by atoms with Crippen molar-refractivity contribution in [3.63, 3.8) is 0 Å². The fourth-order valence-electron chi connectivity index (χ4n) is 3.14. The van der Waals surface area contributed by atoms with Crippen LogP contribution in [0.1, 0.15) is 28.5 Å². The van der Waals surface area contributed by atoms with Crippen molar-refractivity contribution < 1.29 is 14.3 Å². The Labute approximate surface area is 189 Å². The summed E-state index contributed by atoms with van der Waals surface area (Å²) in [6.45, 7) is 4.13. The van der Waals surface area contributed by atoms with Gasteiger partial charge in [0.2, 0.25) is 0 Å². The molecule has 0 aliphatic rings. The lowest BCUT2D eigenvalue weighted by atomic mass is 10.2. The van der Waals surface area contributed by atoms with Crippen molar-refractivity contribution in [3.8, 4) is 11.5 Å². The van der Waals surface area contributed by atoms with Crippen LogP contribution in [0.3, 0.4) is 0 Å². The van der Waals surface area contributed by atoms with Gasteiger partial charge in [-0.3, -0.25) is 0 Å². The summed E-state index contributed by atoms with van der Waals surface area (Å²) in [4.78, 5) is 32.6. The number of esters is 1. The van der Waals surface area contributed by atoms with Gasteiger partial charge in [-0.25, -0.2) is 28.9 Å². The van der Waals surface area contributed by atoms with Gasteiger partial charge in [-0.05, 0) is 43.7 Å². The third-order valence-corrected chi connectivity index (χ3v) is 4.77. The van der Waals surface area contributed by atoms with Gasteiger partial charge in [0.1, 0.15) is 18.2 Å². The molecule has 0 saturated carbocycles. The Hall–Kier alpha value is -4.54. The van der Waals surface area contributed by atoms with Gasteiger partial charge in [0.15, 0.2) is 5.82 Å².